The molecule has 1 aromatic carbocycles. The van der Waals surface area contributed by atoms with Gasteiger partial charge in [-0.3, -0.25) is 0 Å². The third kappa shape index (κ3) is 2.46. The summed E-state index contributed by atoms with van der Waals surface area (Å²) in [5, 5.41) is 3.65. The number of benzene rings is 1. The zero-order chi connectivity index (χ0) is 12.5. The first-order valence-electron chi connectivity index (χ1n) is 6.29. The third-order valence-electron chi connectivity index (χ3n) is 3.53. The molecule has 94 valence electrons. The Balaban J connectivity index is 1.71. The van der Waals surface area contributed by atoms with Gasteiger partial charge in [-0.15, -0.1) is 11.3 Å². The lowest BCUT2D eigenvalue weighted by molar-refractivity contribution is 0.533. The number of fused-ring (bicyclic) bond motifs is 1. The molecule has 0 bridgehead atoms. The molecule has 2 aromatic rings. The average Bonchev–Trinajstić information content (AvgIpc) is 2.93. The molecule has 0 saturated carbocycles. The number of hydrogen-bond acceptors (Lipinski definition) is 2. The Hall–Kier alpha value is -0.830. The number of hydrogen-bond donors (Lipinski definition) is 1. The van der Waals surface area contributed by atoms with Crippen LogP contribution in [0.4, 0.5) is 0 Å². The van der Waals surface area contributed by atoms with Crippen molar-refractivity contribution >= 4 is 22.9 Å². The molecule has 0 amide bonds. The van der Waals surface area contributed by atoms with Gasteiger partial charge in [0, 0.05) is 17.5 Å². The zero-order valence-electron chi connectivity index (χ0n) is 10.4. The fourth-order valence-electron chi connectivity index (χ4n) is 2.60. The van der Waals surface area contributed by atoms with Crippen LogP contribution in [0.5, 0.6) is 0 Å². The van der Waals surface area contributed by atoms with Crippen molar-refractivity contribution in [3.63, 3.8) is 0 Å². The molecular formula is C15H16ClNS. The van der Waals surface area contributed by atoms with Crippen LogP contribution in [0, 0.1) is 6.92 Å². The highest BCUT2D eigenvalue weighted by Gasteiger charge is 2.21. The summed E-state index contributed by atoms with van der Waals surface area (Å²) in [6.45, 7) is 3.07. The van der Waals surface area contributed by atoms with Crippen molar-refractivity contribution in [2.24, 2.45) is 0 Å². The van der Waals surface area contributed by atoms with Gasteiger partial charge in [0.1, 0.15) is 0 Å². The Morgan fingerprint density at radius 1 is 1.33 bits per heavy atom. The number of aryl methyl sites for hydroxylation is 2. The van der Waals surface area contributed by atoms with E-state index in [1.807, 2.05) is 6.07 Å². The van der Waals surface area contributed by atoms with Gasteiger partial charge in [-0.05, 0) is 43.0 Å². The summed E-state index contributed by atoms with van der Waals surface area (Å²) in [5.74, 6) is 0. The predicted molar refractivity (Wildman–Crippen MR) is 78.4 cm³/mol. The van der Waals surface area contributed by atoms with Crippen molar-refractivity contribution in [3.8, 4) is 0 Å². The van der Waals surface area contributed by atoms with E-state index in [0.717, 1.165) is 10.9 Å². The summed E-state index contributed by atoms with van der Waals surface area (Å²) in [6.07, 6.45) is 2.40. The summed E-state index contributed by atoms with van der Waals surface area (Å²) < 4.78 is 0.870. The normalized spacial score (nSPS) is 18.0. The molecule has 1 aliphatic carbocycles. The molecule has 0 saturated heterocycles. The van der Waals surface area contributed by atoms with Crippen LogP contribution in [0.3, 0.4) is 0 Å². The predicted octanol–water partition coefficient (Wildman–Crippen LogP) is 4.49. The lowest BCUT2D eigenvalue weighted by atomic mass is 10.1. The summed E-state index contributed by atoms with van der Waals surface area (Å²) in [4.78, 5) is 1.31. The summed E-state index contributed by atoms with van der Waals surface area (Å²) in [6, 6.07) is 11.4. The summed E-state index contributed by atoms with van der Waals surface area (Å²) in [5.41, 5.74) is 4.33. The second-order valence-corrected chi connectivity index (χ2v) is 6.68. The van der Waals surface area contributed by atoms with Gasteiger partial charge in [-0.2, -0.15) is 0 Å². The van der Waals surface area contributed by atoms with E-state index in [0.29, 0.717) is 6.04 Å². The van der Waals surface area contributed by atoms with Gasteiger partial charge in [-0.1, -0.05) is 35.4 Å². The molecule has 3 rings (SSSR count). The van der Waals surface area contributed by atoms with Gasteiger partial charge < -0.3 is 5.32 Å². The lowest BCUT2D eigenvalue weighted by Crippen LogP contribution is -2.18. The monoisotopic (exact) mass is 277 g/mol. The SMILES string of the molecule is Cc1ccc2c(c1)C(NCc1ccc(Cl)s1)CC2. The van der Waals surface area contributed by atoms with Crippen LogP contribution < -0.4 is 5.32 Å². The lowest BCUT2D eigenvalue weighted by Gasteiger charge is -2.13. The smallest absolute Gasteiger partial charge is 0.0931 e. The van der Waals surface area contributed by atoms with Crippen LogP contribution in [-0.4, -0.2) is 0 Å². The Morgan fingerprint density at radius 3 is 3.00 bits per heavy atom. The van der Waals surface area contributed by atoms with Crippen molar-refractivity contribution < 1.29 is 0 Å². The van der Waals surface area contributed by atoms with Crippen molar-refractivity contribution in [2.45, 2.75) is 32.4 Å². The highest BCUT2D eigenvalue weighted by Crippen LogP contribution is 2.32. The van der Waals surface area contributed by atoms with Crippen LogP contribution in [0.2, 0.25) is 4.34 Å². The fraction of sp³-hybridized carbons (Fsp3) is 0.333. The fourth-order valence-corrected chi connectivity index (χ4v) is 3.64. The molecule has 1 aromatic heterocycles. The molecule has 0 aliphatic heterocycles. The number of halogens is 1. The Labute approximate surface area is 117 Å². The van der Waals surface area contributed by atoms with Gasteiger partial charge >= 0.3 is 0 Å². The van der Waals surface area contributed by atoms with E-state index in [1.54, 1.807) is 11.3 Å². The molecule has 1 aliphatic rings. The molecule has 1 N–H and O–H groups in total. The molecule has 18 heavy (non-hydrogen) atoms. The van der Waals surface area contributed by atoms with Crippen molar-refractivity contribution in [3.05, 3.63) is 56.2 Å². The van der Waals surface area contributed by atoms with E-state index in [2.05, 4.69) is 36.5 Å². The Bertz CT molecular complexity index is 561. The third-order valence-corrected chi connectivity index (χ3v) is 4.76. The van der Waals surface area contributed by atoms with Crippen LogP contribution >= 0.6 is 22.9 Å². The van der Waals surface area contributed by atoms with E-state index in [9.17, 15) is 0 Å². The zero-order valence-corrected chi connectivity index (χ0v) is 11.9. The van der Waals surface area contributed by atoms with E-state index in [1.165, 1.54) is 34.4 Å². The number of rotatable bonds is 3. The maximum absolute atomic E-state index is 5.95. The van der Waals surface area contributed by atoms with Crippen LogP contribution in [-0.2, 0) is 13.0 Å². The van der Waals surface area contributed by atoms with Crippen LogP contribution in [0.1, 0.15) is 34.0 Å². The Kier molecular flexibility index (Phi) is 3.42. The molecule has 3 heteroatoms. The second kappa shape index (κ2) is 5.04. The maximum atomic E-state index is 5.95. The molecule has 0 fully saturated rings. The standard InChI is InChI=1S/C15H16ClNS/c1-10-2-3-11-4-6-14(13(11)8-10)17-9-12-5-7-15(16)18-12/h2-3,5,7-8,14,17H,4,6,9H2,1H3. The highest BCUT2D eigenvalue weighted by atomic mass is 35.5. The molecule has 0 radical (unpaired) electrons. The maximum Gasteiger partial charge on any atom is 0.0931 e. The minimum absolute atomic E-state index is 0.501. The van der Waals surface area contributed by atoms with Crippen molar-refractivity contribution in [2.75, 3.05) is 0 Å². The molecule has 1 heterocycles. The van der Waals surface area contributed by atoms with Gasteiger partial charge in [0.2, 0.25) is 0 Å². The van der Waals surface area contributed by atoms with Gasteiger partial charge in [0.15, 0.2) is 0 Å². The van der Waals surface area contributed by atoms with Crippen molar-refractivity contribution in [1.82, 2.24) is 5.32 Å². The summed E-state index contributed by atoms with van der Waals surface area (Å²) in [7, 11) is 0. The first-order valence-corrected chi connectivity index (χ1v) is 7.49. The average molecular weight is 278 g/mol. The largest absolute Gasteiger partial charge is 0.305 e. The van der Waals surface area contributed by atoms with E-state index in [4.69, 9.17) is 11.6 Å². The molecule has 0 spiro atoms. The van der Waals surface area contributed by atoms with Gasteiger partial charge in [0.05, 0.1) is 4.34 Å². The first-order chi connectivity index (χ1) is 8.72. The minimum atomic E-state index is 0.501. The van der Waals surface area contributed by atoms with Crippen molar-refractivity contribution in [1.29, 1.82) is 0 Å². The molecule has 1 unspecified atom stereocenters. The van der Waals surface area contributed by atoms with Crippen LogP contribution in [0.25, 0.3) is 0 Å². The molecular weight excluding hydrogens is 262 g/mol. The second-order valence-electron chi connectivity index (χ2n) is 4.88. The van der Waals surface area contributed by atoms with Gasteiger partial charge in [0.25, 0.3) is 0 Å². The van der Waals surface area contributed by atoms with Gasteiger partial charge in [-0.25, -0.2) is 0 Å². The highest BCUT2D eigenvalue weighted by molar-refractivity contribution is 7.16. The minimum Gasteiger partial charge on any atom is -0.305 e. The van der Waals surface area contributed by atoms with E-state index in [-0.39, 0.29) is 0 Å². The summed E-state index contributed by atoms with van der Waals surface area (Å²) >= 11 is 7.61. The quantitative estimate of drug-likeness (QED) is 0.872. The molecule has 1 nitrogen and oxygen atoms in total. The van der Waals surface area contributed by atoms with E-state index >= 15 is 0 Å². The van der Waals surface area contributed by atoms with Crippen LogP contribution in [0.15, 0.2) is 30.3 Å². The Morgan fingerprint density at radius 2 is 2.22 bits per heavy atom. The topological polar surface area (TPSA) is 12.0 Å². The first kappa shape index (κ1) is 12.2. The van der Waals surface area contributed by atoms with E-state index < -0.39 is 0 Å². The number of nitrogens with one attached hydrogen (secondary N) is 1. The number of thiophene rings is 1. The molecule has 1 atom stereocenters.